The maximum absolute atomic E-state index is 12.4. The zero-order chi connectivity index (χ0) is 15.0. The highest BCUT2D eigenvalue weighted by Crippen LogP contribution is 2.88. The Morgan fingerprint density at radius 3 is 1.45 bits per heavy atom. The van der Waals surface area contributed by atoms with Crippen molar-refractivity contribution in [2.75, 3.05) is 0 Å². The van der Waals surface area contributed by atoms with Gasteiger partial charge in [-0.3, -0.25) is 14.4 Å². The van der Waals surface area contributed by atoms with E-state index < -0.39 is 16.2 Å². The van der Waals surface area contributed by atoms with Crippen LogP contribution >= 0.6 is 0 Å². The molecule has 4 bridgehead atoms. The van der Waals surface area contributed by atoms with Gasteiger partial charge in [-0.1, -0.05) is 13.3 Å². The summed E-state index contributed by atoms with van der Waals surface area (Å²) in [5.74, 6) is 0.465. The van der Waals surface area contributed by atoms with E-state index in [-0.39, 0.29) is 22.8 Å². The Kier molecular flexibility index (Phi) is 2.52. The van der Waals surface area contributed by atoms with Crippen molar-refractivity contribution in [3.63, 3.8) is 0 Å². The fourth-order valence-corrected chi connectivity index (χ4v) is 6.51. The quantitative estimate of drug-likeness (QED) is 0.775. The Labute approximate surface area is 120 Å². The molecule has 110 valence electrons. The number of hydrogen-bond donors (Lipinski definition) is 0. The van der Waals surface area contributed by atoms with Crippen LogP contribution in [0.25, 0.3) is 0 Å². The highest BCUT2D eigenvalue weighted by atomic mass is 16.1. The second kappa shape index (κ2) is 3.61. The summed E-state index contributed by atoms with van der Waals surface area (Å²) in [5, 5.41) is 0. The predicted octanol–water partition coefficient (Wildman–Crippen LogP) is 3.10. The van der Waals surface area contributed by atoms with Crippen molar-refractivity contribution in [2.24, 2.45) is 21.7 Å². The first-order valence-corrected chi connectivity index (χ1v) is 7.75. The smallest absolute Gasteiger partial charge is 0.137 e. The van der Waals surface area contributed by atoms with E-state index in [1.54, 1.807) is 20.8 Å². The second-order valence-corrected chi connectivity index (χ2v) is 7.65. The van der Waals surface area contributed by atoms with Crippen LogP contribution in [0.2, 0.25) is 0 Å². The van der Waals surface area contributed by atoms with Crippen molar-refractivity contribution < 1.29 is 14.4 Å². The molecule has 0 aromatic carbocycles. The van der Waals surface area contributed by atoms with E-state index in [0.717, 1.165) is 25.7 Å². The van der Waals surface area contributed by atoms with E-state index in [4.69, 9.17) is 0 Å². The van der Waals surface area contributed by atoms with Crippen LogP contribution in [0.5, 0.6) is 0 Å². The third-order valence-corrected chi connectivity index (χ3v) is 7.17. The molecule has 0 aromatic rings. The largest absolute Gasteiger partial charge is 0.299 e. The Morgan fingerprint density at radius 2 is 1.15 bits per heavy atom. The number of carbonyl (C=O) groups is 3. The van der Waals surface area contributed by atoms with Crippen LogP contribution < -0.4 is 0 Å². The van der Waals surface area contributed by atoms with Gasteiger partial charge in [0.25, 0.3) is 0 Å². The summed E-state index contributed by atoms with van der Waals surface area (Å²) in [6.45, 7) is 7.05. The highest BCUT2D eigenvalue weighted by molar-refractivity contribution is 6.00. The van der Waals surface area contributed by atoms with Gasteiger partial charge in [0.05, 0.1) is 0 Å². The fraction of sp³-hybridized carbons (Fsp3) is 0.824. The molecular formula is C17H24O3. The lowest BCUT2D eigenvalue weighted by molar-refractivity contribution is -0.141. The number of rotatable bonds is 5. The van der Waals surface area contributed by atoms with E-state index in [1.165, 1.54) is 0 Å². The molecule has 0 aliphatic heterocycles. The highest BCUT2D eigenvalue weighted by Gasteiger charge is 2.86. The van der Waals surface area contributed by atoms with E-state index in [1.807, 2.05) is 0 Å². The van der Waals surface area contributed by atoms with Gasteiger partial charge >= 0.3 is 0 Å². The Balaban J connectivity index is 2.23. The van der Waals surface area contributed by atoms with Gasteiger partial charge in [-0.15, -0.1) is 0 Å². The lowest BCUT2D eigenvalue weighted by Crippen LogP contribution is -2.43. The molecule has 0 amide bonds. The molecule has 2 unspecified atom stereocenters. The first kappa shape index (κ1) is 14.0. The summed E-state index contributed by atoms with van der Waals surface area (Å²) < 4.78 is 0. The van der Waals surface area contributed by atoms with E-state index in [9.17, 15) is 14.4 Å². The lowest BCUT2D eigenvalue weighted by Gasteiger charge is -2.38. The molecular weight excluding hydrogens is 252 g/mol. The molecule has 4 aliphatic carbocycles. The van der Waals surface area contributed by atoms with Crippen molar-refractivity contribution in [3.05, 3.63) is 0 Å². The molecule has 4 aliphatic rings. The zero-order valence-corrected chi connectivity index (χ0v) is 13.0. The summed E-state index contributed by atoms with van der Waals surface area (Å²) in [6.07, 6.45) is 4.77. The van der Waals surface area contributed by atoms with Gasteiger partial charge in [0.1, 0.15) is 17.3 Å². The Morgan fingerprint density at radius 1 is 0.750 bits per heavy atom. The lowest BCUT2D eigenvalue weighted by atomic mass is 9.64. The molecule has 0 radical (unpaired) electrons. The van der Waals surface area contributed by atoms with Gasteiger partial charge in [0, 0.05) is 16.2 Å². The van der Waals surface area contributed by atoms with Crippen LogP contribution in [0, 0.1) is 21.7 Å². The van der Waals surface area contributed by atoms with Crippen LogP contribution in [0.1, 0.15) is 66.2 Å². The number of hydrogen-bond acceptors (Lipinski definition) is 3. The average Bonchev–Trinajstić information content (AvgIpc) is 2.94. The van der Waals surface area contributed by atoms with Crippen LogP contribution in [0.15, 0.2) is 0 Å². The third-order valence-electron chi connectivity index (χ3n) is 7.17. The molecule has 4 fully saturated rings. The number of carbonyl (C=O) groups excluding carboxylic acids is 3. The number of ketones is 3. The SMILES string of the molecule is CCCC12CC3(C(C)=O)CC1(C(C)=O)CC3(C(C)=O)C2. The summed E-state index contributed by atoms with van der Waals surface area (Å²) in [7, 11) is 0. The topological polar surface area (TPSA) is 51.2 Å². The molecule has 0 aromatic heterocycles. The summed E-state index contributed by atoms with van der Waals surface area (Å²) in [4.78, 5) is 37.3. The van der Waals surface area contributed by atoms with E-state index in [0.29, 0.717) is 12.8 Å². The Hall–Kier alpha value is -0.990. The predicted molar refractivity (Wildman–Crippen MR) is 75.2 cm³/mol. The first-order chi connectivity index (χ1) is 9.22. The average molecular weight is 276 g/mol. The van der Waals surface area contributed by atoms with E-state index in [2.05, 4.69) is 6.92 Å². The van der Waals surface area contributed by atoms with Crippen LogP contribution in [-0.2, 0) is 14.4 Å². The summed E-state index contributed by atoms with van der Waals surface area (Å²) in [5.41, 5.74) is -1.58. The summed E-state index contributed by atoms with van der Waals surface area (Å²) >= 11 is 0. The van der Waals surface area contributed by atoms with Crippen molar-refractivity contribution in [2.45, 2.75) is 66.2 Å². The van der Waals surface area contributed by atoms with Crippen molar-refractivity contribution >= 4 is 17.3 Å². The molecule has 0 spiro atoms. The molecule has 4 rings (SSSR count). The number of Topliss-reactive ketones (excluding diaryl/α,β-unsaturated/α-hetero) is 3. The van der Waals surface area contributed by atoms with Gasteiger partial charge in [-0.25, -0.2) is 0 Å². The molecule has 20 heavy (non-hydrogen) atoms. The maximum Gasteiger partial charge on any atom is 0.137 e. The Bertz CT molecular complexity index is 500. The van der Waals surface area contributed by atoms with E-state index >= 15 is 0 Å². The van der Waals surface area contributed by atoms with Gasteiger partial charge < -0.3 is 0 Å². The molecule has 2 atom stereocenters. The molecule has 4 saturated carbocycles. The van der Waals surface area contributed by atoms with Gasteiger partial charge in [-0.05, 0) is 58.3 Å². The second-order valence-electron chi connectivity index (χ2n) is 7.65. The van der Waals surface area contributed by atoms with Crippen LogP contribution in [0.4, 0.5) is 0 Å². The maximum atomic E-state index is 12.4. The fourth-order valence-electron chi connectivity index (χ4n) is 6.51. The first-order valence-electron chi connectivity index (χ1n) is 7.75. The third kappa shape index (κ3) is 1.10. The molecule has 3 nitrogen and oxygen atoms in total. The van der Waals surface area contributed by atoms with Gasteiger partial charge in [-0.2, -0.15) is 0 Å². The molecule has 0 heterocycles. The van der Waals surface area contributed by atoms with Crippen molar-refractivity contribution in [3.8, 4) is 0 Å². The monoisotopic (exact) mass is 276 g/mol. The standard InChI is InChI=1S/C17H24O3/c1-5-6-14-7-16(12(3)19)9-15(14,11(2)18)10-17(16,8-14)13(4)20/h5-10H2,1-4H3. The van der Waals surface area contributed by atoms with Gasteiger partial charge in [0.2, 0.25) is 0 Å². The zero-order valence-electron chi connectivity index (χ0n) is 13.0. The van der Waals surface area contributed by atoms with Gasteiger partial charge in [0.15, 0.2) is 0 Å². The minimum atomic E-state index is -0.542. The van der Waals surface area contributed by atoms with Crippen LogP contribution in [-0.4, -0.2) is 17.3 Å². The minimum absolute atomic E-state index is 0.0923. The van der Waals surface area contributed by atoms with Crippen molar-refractivity contribution in [1.29, 1.82) is 0 Å². The molecule has 0 N–H and O–H groups in total. The molecule has 3 heteroatoms. The van der Waals surface area contributed by atoms with Crippen LogP contribution in [0.3, 0.4) is 0 Å². The summed E-state index contributed by atoms with van der Waals surface area (Å²) in [6, 6.07) is 0. The minimum Gasteiger partial charge on any atom is -0.299 e. The normalized spacial score (nSPS) is 48.0. The molecule has 0 saturated heterocycles. The van der Waals surface area contributed by atoms with Crippen molar-refractivity contribution in [1.82, 2.24) is 0 Å².